The minimum Gasteiger partial charge on any atom is -0.327 e. The average molecular weight is 234 g/mol. The van der Waals surface area contributed by atoms with Crippen molar-refractivity contribution in [3.63, 3.8) is 0 Å². The van der Waals surface area contributed by atoms with Crippen LogP contribution >= 0.6 is 0 Å². The fraction of sp³-hybridized carbons (Fsp3) is 1.00. The summed E-state index contributed by atoms with van der Waals surface area (Å²) >= 11 is 0. The van der Waals surface area contributed by atoms with E-state index >= 15 is 0 Å². The Morgan fingerprint density at radius 1 is 0.941 bits per heavy atom. The third-order valence-corrected chi connectivity index (χ3v) is 6.37. The van der Waals surface area contributed by atoms with E-state index in [2.05, 4.69) is 4.90 Å². The predicted molar refractivity (Wildman–Crippen MR) is 69.6 cm³/mol. The van der Waals surface area contributed by atoms with E-state index in [-0.39, 0.29) is 0 Å². The average Bonchev–Trinajstić information content (AvgIpc) is 3.02. The highest BCUT2D eigenvalue weighted by atomic mass is 15.2. The second kappa shape index (κ2) is 3.96. The Labute approximate surface area is 105 Å². The van der Waals surface area contributed by atoms with Gasteiger partial charge in [-0.2, -0.15) is 0 Å². The lowest BCUT2D eigenvalue weighted by Gasteiger charge is -2.27. The zero-order valence-corrected chi connectivity index (χ0v) is 10.9. The molecule has 0 aromatic heterocycles. The lowest BCUT2D eigenvalue weighted by molar-refractivity contribution is 0.207. The molecule has 3 saturated carbocycles. The van der Waals surface area contributed by atoms with Gasteiger partial charge < -0.3 is 10.6 Å². The maximum Gasteiger partial charge on any atom is 0.00826 e. The monoisotopic (exact) mass is 234 g/mol. The highest BCUT2D eigenvalue weighted by Crippen LogP contribution is 2.49. The molecule has 0 aromatic carbocycles. The second-order valence-electron chi connectivity index (χ2n) is 7.32. The van der Waals surface area contributed by atoms with Crippen LogP contribution < -0.4 is 5.73 Å². The van der Waals surface area contributed by atoms with E-state index in [1.165, 1.54) is 45.3 Å². The maximum absolute atomic E-state index is 6.22. The summed E-state index contributed by atoms with van der Waals surface area (Å²) < 4.78 is 0. The van der Waals surface area contributed by atoms with Crippen LogP contribution in [-0.2, 0) is 0 Å². The molecule has 96 valence electrons. The molecule has 0 spiro atoms. The van der Waals surface area contributed by atoms with E-state index in [9.17, 15) is 0 Å². The first-order chi connectivity index (χ1) is 8.29. The van der Waals surface area contributed by atoms with Crippen LogP contribution in [0.3, 0.4) is 0 Å². The van der Waals surface area contributed by atoms with Crippen molar-refractivity contribution in [1.82, 2.24) is 4.90 Å². The second-order valence-corrected chi connectivity index (χ2v) is 7.32. The molecule has 0 radical (unpaired) electrons. The van der Waals surface area contributed by atoms with Crippen molar-refractivity contribution >= 4 is 0 Å². The number of nitrogens with two attached hydrogens (primary N) is 1. The molecule has 1 saturated heterocycles. The molecular formula is C15H26N2. The smallest absolute Gasteiger partial charge is 0.00826 e. The van der Waals surface area contributed by atoms with Crippen molar-refractivity contribution < 1.29 is 0 Å². The largest absolute Gasteiger partial charge is 0.327 e. The van der Waals surface area contributed by atoms with Crippen molar-refractivity contribution in [3.8, 4) is 0 Å². The summed E-state index contributed by atoms with van der Waals surface area (Å²) in [6.45, 7) is 4.09. The molecule has 4 fully saturated rings. The molecule has 2 nitrogen and oxygen atoms in total. The van der Waals surface area contributed by atoms with Gasteiger partial charge in [0.25, 0.3) is 0 Å². The molecule has 2 heteroatoms. The Hall–Kier alpha value is -0.0800. The molecule has 2 N–H and O–H groups in total. The first kappa shape index (κ1) is 10.8. The van der Waals surface area contributed by atoms with Gasteiger partial charge in [0, 0.05) is 25.7 Å². The number of likely N-dealkylation sites (tertiary alicyclic amines) is 1. The molecule has 1 aliphatic heterocycles. The fourth-order valence-corrected chi connectivity index (χ4v) is 5.48. The van der Waals surface area contributed by atoms with Crippen LogP contribution in [0, 0.1) is 29.6 Å². The number of rotatable bonds is 2. The standard InChI is InChI=1S/C15H26N2/c16-15-4-3-12-7-17(9-14(12)15)8-13-6-10-1-2-11(13)5-10/h10-15H,1-9,16H2. The molecule has 6 atom stereocenters. The van der Waals surface area contributed by atoms with Gasteiger partial charge in [0.15, 0.2) is 0 Å². The summed E-state index contributed by atoms with van der Waals surface area (Å²) in [6, 6.07) is 0.519. The summed E-state index contributed by atoms with van der Waals surface area (Å²) in [7, 11) is 0. The Kier molecular flexibility index (Phi) is 2.52. The van der Waals surface area contributed by atoms with Gasteiger partial charge in [0.05, 0.1) is 0 Å². The predicted octanol–water partition coefficient (Wildman–Crippen LogP) is 2.09. The lowest BCUT2D eigenvalue weighted by Crippen LogP contribution is -2.33. The quantitative estimate of drug-likeness (QED) is 0.793. The van der Waals surface area contributed by atoms with Gasteiger partial charge in [0.1, 0.15) is 0 Å². The van der Waals surface area contributed by atoms with Crippen molar-refractivity contribution in [2.45, 2.75) is 44.6 Å². The van der Waals surface area contributed by atoms with Crippen molar-refractivity contribution in [2.24, 2.45) is 35.3 Å². The van der Waals surface area contributed by atoms with Crippen LogP contribution in [0.5, 0.6) is 0 Å². The van der Waals surface area contributed by atoms with Crippen molar-refractivity contribution in [2.75, 3.05) is 19.6 Å². The SMILES string of the molecule is NC1CCC2CN(CC3CC4CCC3C4)CC12. The summed E-state index contributed by atoms with van der Waals surface area (Å²) in [5, 5.41) is 0. The molecule has 3 aliphatic carbocycles. The van der Waals surface area contributed by atoms with Gasteiger partial charge in [-0.25, -0.2) is 0 Å². The molecule has 4 aliphatic rings. The zero-order chi connectivity index (χ0) is 11.4. The number of hydrogen-bond donors (Lipinski definition) is 1. The van der Waals surface area contributed by atoms with Crippen LogP contribution in [0.25, 0.3) is 0 Å². The normalized spacial score (nSPS) is 53.5. The van der Waals surface area contributed by atoms with Crippen LogP contribution in [-0.4, -0.2) is 30.6 Å². The van der Waals surface area contributed by atoms with E-state index in [1.54, 1.807) is 12.8 Å². The van der Waals surface area contributed by atoms with Gasteiger partial charge in [-0.05, 0) is 61.7 Å². The van der Waals surface area contributed by atoms with E-state index in [4.69, 9.17) is 5.73 Å². The molecule has 17 heavy (non-hydrogen) atoms. The number of fused-ring (bicyclic) bond motifs is 3. The minimum absolute atomic E-state index is 0.519. The van der Waals surface area contributed by atoms with Gasteiger partial charge in [-0.15, -0.1) is 0 Å². The topological polar surface area (TPSA) is 29.3 Å². The fourth-order valence-electron chi connectivity index (χ4n) is 5.48. The molecule has 1 heterocycles. The Morgan fingerprint density at radius 3 is 2.53 bits per heavy atom. The molecule has 6 unspecified atom stereocenters. The van der Waals surface area contributed by atoms with Crippen LogP contribution in [0.4, 0.5) is 0 Å². The van der Waals surface area contributed by atoms with Crippen LogP contribution in [0.2, 0.25) is 0 Å². The highest BCUT2D eigenvalue weighted by Gasteiger charge is 2.44. The number of nitrogens with zero attached hydrogens (tertiary/aromatic N) is 1. The summed E-state index contributed by atoms with van der Waals surface area (Å²) in [5.74, 6) is 5.03. The molecule has 0 amide bonds. The lowest BCUT2D eigenvalue weighted by atomic mass is 9.88. The summed E-state index contributed by atoms with van der Waals surface area (Å²) in [4.78, 5) is 2.76. The third kappa shape index (κ3) is 1.76. The van der Waals surface area contributed by atoms with Gasteiger partial charge in [-0.1, -0.05) is 6.42 Å². The van der Waals surface area contributed by atoms with Crippen molar-refractivity contribution in [3.05, 3.63) is 0 Å². The van der Waals surface area contributed by atoms with E-state index in [0.29, 0.717) is 6.04 Å². The molecule has 2 bridgehead atoms. The number of hydrogen-bond acceptors (Lipinski definition) is 2. The zero-order valence-electron chi connectivity index (χ0n) is 10.9. The maximum atomic E-state index is 6.22. The Morgan fingerprint density at radius 2 is 1.82 bits per heavy atom. The van der Waals surface area contributed by atoms with Crippen molar-refractivity contribution in [1.29, 1.82) is 0 Å². The summed E-state index contributed by atoms with van der Waals surface area (Å²) in [5.41, 5.74) is 6.22. The van der Waals surface area contributed by atoms with Crippen LogP contribution in [0.1, 0.15) is 38.5 Å². The van der Waals surface area contributed by atoms with E-state index in [1.807, 2.05) is 0 Å². The Balaban J connectivity index is 1.36. The van der Waals surface area contributed by atoms with E-state index in [0.717, 1.165) is 29.6 Å². The van der Waals surface area contributed by atoms with Crippen LogP contribution in [0.15, 0.2) is 0 Å². The highest BCUT2D eigenvalue weighted by molar-refractivity contribution is 4.98. The first-order valence-corrected chi connectivity index (χ1v) is 7.77. The molecular weight excluding hydrogens is 208 g/mol. The van der Waals surface area contributed by atoms with Gasteiger partial charge in [0.2, 0.25) is 0 Å². The third-order valence-electron chi connectivity index (χ3n) is 6.37. The molecule has 4 rings (SSSR count). The first-order valence-electron chi connectivity index (χ1n) is 7.77. The summed E-state index contributed by atoms with van der Waals surface area (Å²) in [6.07, 6.45) is 8.87. The molecule has 0 aromatic rings. The van der Waals surface area contributed by atoms with E-state index < -0.39 is 0 Å². The van der Waals surface area contributed by atoms with Gasteiger partial charge in [-0.3, -0.25) is 0 Å². The minimum atomic E-state index is 0.519. The Bertz CT molecular complexity index is 303. The van der Waals surface area contributed by atoms with Gasteiger partial charge >= 0.3 is 0 Å².